The lowest BCUT2D eigenvalue weighted by atomic mass is 9.44. The Morgan fingerprint density at radius 3 is 1.93 bits per heavy atom. The van der Waals surface area contributed by atoms with Crippen molar-refractivity contribution in [1.82, 2.24) is 0 Å². The van der Waals surface area contributed by atoms with Gasteiger partial charge in [-0.3, -0.25) is 0 Å². The molecule has 1 spiro atoms. The number of halogens is 3. The fourth-order valence-corrected chi connectivity index (χ4v) is 3.16. The summed E-state index contributed by atoms with van der Waals surface area (Å²) in [5, 5.41) is 9.05. The Balaban J connectivity index is 0.000000980. The molecule has 84 valence electrons. The van der Waals surface area contributed by atoms with Crippen molar-refractivity contribution in [3.63, 3.8) is 0 Å². The van der Waals surface area contributed by atoms with E-state index in [-0.39, 0.29) is 42.7 Å². The van der Waals surface area contributed by atoms with Crippen LogP contribution < -0.4 is 5.73 Å². The van der Waals surface area contributed by atoms with E-state index in [2.05, 4.69) is 0 Å². The Hall–Kier alpha value is 0.0700. The molecule has 0 radical (unpaired) electrons. The average Bonchev–Trinajstić information content (AvgIpc) is 1.94. The van der Waals surface area contributed by atoms with Gasteiger partial charge in [-0.15, -0.1) is 12.4 Å². The van der Waals surface area contributed by atoms with Crippen LogP contribution in [0.5, 0.6) is 0 Å². The van der Waals surface area contributed by atoms with Crippen LogP contribution in [0.25, 0.3) is 0 Å². The van der Waals surface area contributed by atoms with Crippen molar-refractivity contribution in [2.45, 2.75) is 31.6 Å². The van der Waals surface area contributed by atoms with E-state index in [4.69, 9.17) is 10.8 Å². The Morgan fingerprint density at radius 1 is 1.14 bits per heavy atom. The average molecular weight is 228 g/mol. The van der Waals surface area contributed by atoms with Crippen LogP contribution in [0.3, 0.4) is 0 Å². The van der Waals surface area contributed by atoms with E-state index in [9.17, 15) is 8.78 Å². The highest BCUT2D eigenvalue weighted by Gasteiger charge is 2.65. The van der Waals surface area contributed by atoms with Crippen molar-refractivity contribution >= 4 is 12.4 Å². The van der Waals surface area contributed by atoms with Gasteiger partial charge in [-0.25, -0.2) is 8.78 Å². The minimum Gasteiger partial charge on any atom is -0.396 e. The van der Waals surface area contributed by atoms with Gasteiger partial charge in [-0.2, -0.15) is 0 Å². The van der Waals surface area contributed by atoms with Gasteiger partial charge in [-0.05, 0) is 18.3 Å². The smallest absolute Gasteiger partial charge is 0.249 e. The van der Waals surface area contributed by atoms with E-state index in [0.717, 1.165) is 0 Å². The lowest BCUT2D eigenvalue weighted by Crippen LogP contribution is -2.61. The Morgan fingerprint density at radius 2 is 1.64 bits per heavy atom. The van der Waals surface area contributed by atoms with Gasteiger partial charge in [0.25, 0.3) is 0 Å². The lowest BCUT2D eigenvalue weighted by molar-refractivity contribution is -0.235. The van der Waals surface area contributed by atoms with Gasteiger partial charge in [-0.1, -0.05) is 0 Å². The number of aliphatic hydroxyl groups is 1. The molecular formula is C9H16ClF2NO. The molecule has 3 N–H and O–H groups in total. The van der Waals surface area contributed by atoms with E-state index >= 15 is 0 Å². The Labute approximate surface area is 88.3 Å². The van der Waals surface area contributed by atoms with Gasteiger partial charge in [0.05, 0.1) is 0 Å². The Bertz CT molecular complexity index is 213. The molecule has 2 aliphatic carbocycles. The Kier molecular flexibility index (Phi) is 2.85. The van der Waals surface area contributed by atoms with Crippen molar-refractivity contribution < 1.29 is 13.9 Å². The highest BCUT2D eigenvalue weighted by atomic mass is 35.5. The summed E-state index contributed by atoms with van der Waals surface area (Å²) in [6.07, 6.45) is 1.37. The summed E-state index contributed by atoms with van der Waals surface area (Å²) < 4.78 is 25.2. The fourth-order valence-electron chi connectivity index (χ4n) is 3.16. The number of aliphatic hydroxyl groups excluding tert-OH is 1. The topological polar surface area (TPSA) is 46.2 Å². The van der Waals surface area contributed by atoms with Gasteiger partial charge in [0.15, 0.2) is 0 Å². The van der Waals surface area contributed by atoms with Crippen molar-refractivity contribution in [3.8, 4) is 0 Å². The molecule has 2 aliphatic rings. The summed E-state index contributed by atoms with van der Waals surface area (Å²) in [7, 11) is 0. The summed E-state index contributed by atoms with van der Waals surface area (Å²) in [5.74, 6) is -2.45. The summed E-state index contributed by atoms with van der Waals surface area (Å²) in [4.78, 5) is 0. The monoisotopic (exact) mass is 227 g/mol. The standard InChI is InChI=1S/C9H15F2NO.ClH/c10-9(11)3-7(4-9)1-8(2-7,5-12)6-13;/h13H,1-6,12H2;1H. The van der Waals surface area contributed by atoms with Crippen molar-refractivity contribution in [1.29, 1.82) is 0 Å². The van der Waals surface area contributed by atoms with Gasteiger partial charge >= 0.3 is 0 Å². The van der Waals surface area contributed by atoms with Crippen LogP contribution in [0.15, 0.2) is 0 Å². The van der Waals surface area contributed by atoms with Gasteiger partial charge in [0.2, 0.25) is 5.92 Å². The van der Waals surface area contributed by atoms with Crippen molar-refractivity contribution in [2.75, 3.05) is 13.2 Å². The second-order valence-corrected chi connectivity index (χ2v) is 4.93. The zero-order valence-corrected chi connectivity index (χ0v) is 8.75. The second-order valence-electron chi connectivity index (χ2n) is 4.93. The first-order valence-electron chi connectivity index (χ1n) is 4.64. The molecule has 0 saturated heterocycles. The van der Waals surface area contributed by atoms with Gasteiger partial charge in [0, 0.05) is 31.4 Å². The maximum Gasteiger partial charge on any atom is 0.249 e. The molecule has 0 unspecified atom stereocenters. The third-order valence-electron chi connectivity index (χ3n) is 3.54. The normalized spacial score (nSPS) is 30.0. The molecule has 2 saturated carbocycles. The van der Waals surface area contributed by atoms with E-state index in [1.807, 2.05) is 0 Å². The molecule has 5 heteroatoms. The van der Waals surface area contributed by atoms with Crippen LogP contribution in [0.4, 0.5) is 8.78 Å². The molecule has 0 amide bonds. The van der Waals surface area contributed by atoms with Crippen molar-refractivity contribution in [3.05, 3.63) is 0 Å². The molecule has 14 heavy (non-hydrogen) atoms. The van der Waals surface area contributed by atoms with E-state index in [1.165, 1.54) is 0 Å². The molecule has 2 rings (SSSR count). The third kappa shape index (κ3) is 1.64. The molecule has 0 aromatic heterocycles. The number of hydrogen-bond donors (Lipinski definition) is 2. The molecule has 2 fully saturated rings. The molecule has 0 atom stereocenters. The predicted octanol–water partition coefficient (Wildman–Crippen LogP) is 1.55. The van der Waals surface area contributed by atoms with E-state index < -0.39 is 5.92 Å². The molecular weight excluding hydrogens is 212 g/mol. The molecule has 2 nitrogen and oxygen atoms in total. The maximum atomic E-state index is 12.6. The highest BCUT2D eigenvalue weighted by molar-refractivity contribution is 5.85. The molecule has 0 heterocycles. The van der Waals surface area contributed by atoms with E-state index in [0.29, 0.717) is 19.4 Å². The molecule has 0 bridgehead atoms. The van der Waals surface area contributed by atoms with E-state index in [1.54, 1.807) is 0 Å². The summed E-state index contributed by atoms with van der Waals surface area (Å²) in [6.45, 7) is 0.452. The van der Waals surface area contributed by atoms with Crippen LogP contribution in [0.2, 0.25) is 0 Å². The SMILES string of the molecule is Cl.NCC1(CO)CC2(CC(F)(F)C2)C1. The largest absolute Gasteiger partial charge is 0.396 e. The first-order valence-corrected chi connectivity index (χ1v) is 4.64. The van der Waals surface area contributed by atoms with Gasteiger partial charge < -0.3 is 10.8 Å². The zero-order chi connectivity index (χ0) is 9.74. The van der Waals surface area contributed by atoms with Crippen LogP contribution >= 0.6 is 12.4 Å². The lowest BCUT2D eigenvalue weighted by Gasteiger charge is -2.62. The number of nitrogens with two attached hydrogens (primary N) is 1. The minimum atomic E-state index is -2.45. The van der Waals surface area contributed by atoms with Crippen LogP contribution in [-0.4, -0.2) is 24.2 Å². The third-order valence-corrected chi connectivity index (χ3v) is 3.54. The second kappa shape index (κ2) is 3.29. The maximum absolute atomic E-state index is 12.6. The minimum absolute atomic E-state index is 0. The van der Waals surface area contributed by atoms with Crippen LogP contribution in [0, 0.1) is 10.8 Å². The zero-order valence-electron chi connectivity index (χ0n) is 7.93. The number of rotatable bonds is 2. The summed E-state index contributed by atoms with van der Waals surface area (Å²) in [6, 6.07) is 0. The fraction of sp³-hybridized carbons (Fsp3) is 1.00. The van der Waals surface area contributed by atoms with Crippen LogP contribution in [0.1, 0.15) is 25.7 Å². The quantitative estimate of drug-likeness (QED) is 0.752. The highest BCUT2D eigenvalue weighted by Crippen LogP contribution is 2.68. The molecule has 0 aromatic rings. The van der Waals surface area contributed by atoms with Crippen LogP contribution in [-0.2, 0) is 0 Å². The molecule has 0 aromatic carbocycles. The van der Waals surface area contributed by atoms with Gasteiger partial charge in [0.1, 0.15) is 0 Å². The first-order chi connectivity index (χ1) is 5.95. The number of hydrogen-bond acceptors (Lipinski definition) is 2. The van der Waals surface area contributed by atoms with Crippen molar-refractivity contribution in [2.24, 2.45) is 16.6 Å². The molecule has 0 aliphatic heterocycles. The first kappa shape index (κ1) is 12.1. The number of alkyl halides is 2. The summed E-state index contributed by atoms with van der Waals surface area (Å²) in [5.41, 5.74) is 5.08. The predicted molar refractivity (Wildman–Crippen MR) is 51.7 cm³/mol. The summed E-state index contributed by atoms with van der Waals surface area (Å²) >= 11 is 0.